The summed E-state index contributed by atoms with van der Waals surface area (Å²) >= 11 is 0. The predicted octanol–water partition coefficient (Wildman–Crippen LogP) is 13.7. The Hall–Kier alpha value is -2.44. The van der Waals surface area contributed by atoms with Gasteiger partial charge in [0.15, 0.2) is 0 Å². The Morgan fingerprint density at radius 1 is 0.536 bits per heavy atom. The number of rotatable bonds is 41. The van der Waals surface area contributed by atoms with E-state index in [4.69, 9.17) is 4.74 Å². The molecule has 6 nitrogen and oxygen atoms in total. The van der Waals surface area contributed by atoms with E-state index >= 15 is 0 Å². The molecule has 56 heavy (non-hydrogen) atoms. The van der Waals surface area contributed by atoms with Crippen LogP contribution in [0.3, 0.4) is 0 Å². The third-order valence-electron chi connectivity index (χ3n) is 10.3. The number of allylic oxidation sites excluding steroid dienone is 10. The zero-order valence-corrected chi connectivity index (χ0v) is 36.8. The first kappa shape index (κ1) is 53.6. The van der Waals surface area contributed by atoms with Crippen molar-refractivity contribution in [1.82, 2.24) is 5.32 Å². The Bertz CT molecular complexity index is 1010. The lowest BCUT2D eigenvalue weighted by Crippen LogP contribution is -2.46. The van der Waals surface area contributed by atoms with Crippen LogP contribution in [0.4, 0.5) is 0 Å². The molecule has 0 aromatic carbocycles. The normalized spacial score (nSPS) is 13.9. The van der Waals surface area contributed by atoms with Gasteiger partial charge in [-0.05, 0) is 83.5 Å². The van der Waals surface area contributed by atoms with Crippen LogP contribution in [-0.4, -0.2) is 46.9 Å². The smallest absolute Gasteiger partial charge is 0.306 e. The molecule has 6 heteroatoms. The first-order valence-electron chi connectivity index (χ1n) is 23.5. The van der Waals surface area contributed by atoms with E-state index in [-0.39, 0.29) is 24.9 Å². The van der Waals surface area contributed by atoms with Crippen LogP contribution in [-0.2, 0) is 14.3 Å². The van der Waals surface area contributed by atoms with Crippen LogP contribution in [0.15, 0.2) is 60.8 Å². The lowest BCUT2D eigenvalue weighted by Gasteiger charge is -2.24. The lowest BCUT2D eigenvalue weighted by atomic mass is 10.0. The molecular formula is C50H89NO5. The van der Waals surface area contributed by atoms with Gasteiger partial charge in [-0.1, -0.05) is 184 Å². The second kappa shape index (κ2) is 43.7. The maximum atomic E-state index is 13.1. The van der Waals surface area contributed by atoms with E-state index in [0.717, 1.165) is 89.9 Å². The van der Waals surface area contributed by atoms with E-state index in [9.17, 15) is 19.8 Å². The Kier molecular flexibility index (Phi) is 41.8. The molecule has 0 bridgehead atoms. The summed E-state index contributed by atoms with van der Waals surface area (Å²) in [5.74, 6) is -0.544. The van der Waals surface area contributed by atoms with Crippen molar-refractivity contribution >= 4 is 11.9 Å². The average molecular weight is 784 g/mol. The van der Waals surface area contributed by atoms with Gasteiger partial charge in [-0.25, -0.2) is 0 Å². The molecule has 0 heterocycles. The third-order valence-corrected chi connectivity index (χ3v) is 10.3. The molecule has 324 valence electrons. The summed E-state index contributed by atoms with van der Waals surface area (Å²) in [6.07, 6.45) is 52.8. The second-order valence-electron chi connectivity index (χ2n) is 15.8. The van der Waals surface area contributed by atoms with Gasteiger partial charge in [-0.3, -0.25) is 9.59 Å². The molecule has 0 rings (SSSR count). The van der Waals surface area contributed by atoms with Gasteiger partial charge in [-0.15, -0.1) is 0 Å². The number of hydrogen-bond donors (Lipinski definition) is 3. The van der Waals surface area contributed by atoms with E-state index in [1.807, 2.05) is 0 Å². The minimum Gasteiger partial charge on any atom is -0.462 e. The topological polar surface area (TPSA) is 95.9 Å². The van der Waals surface area contributed by atoms with Gasteiger partial charge < -0.3 is 20.3 Å². The second-order valence-corrected chi connectivity index (χ2v) is 15.8. The Morgan fingerprint density at radius 3 is 1.52 bits per heavy atom. The zero-order valence-electron chi connectivity index (χ0n) is 36.8. The first-order chi connectivity index (χ1) is 27.5. The molecule has 3 unspecified atom stereocenters. The number of ether oxygens (including phenoxy) is 1. The summed E-state index contributed by atoms with van der Waals surface area (Å²) in [5, 5.41) is 23.6. The van der Waals surface area contributed by atoms with E-state index in [1.165, 1.54) is 83.5 Å². The first-order valence-corrected chi connectivity index (χ1v) is 23.5. The van der Waals surface area contributed by atoms with E-state index in [1.54, 1.807) is 0 Å². The Morgan fingerprint density at radius 2 is 0.982 bits per heavy atom. The highest BCUT2D eigenvalue weighted by Crippen LogP contribution is 2.16. The predicted molar refractivity (Wildman–Crippen MR) is 241 cm³/mol. The third kappa shape index (κ3) is 38.4. The van der Waals surface area contributed by atoms with Crippen LogP contribution in [0.5, 0.6) is 0 Å². The number of amides is 1. The SMILES string of the molecule is CC/C=C/C/C=C/C/C=C/C/C=C/CCCCCC(=O)OC(CCC/C=C\CCCCCCCC)CC(=O)NC(CO)C(O)CCCCCCCCCCCC. The maximum Gasteiger partial charge on any atom is 0.306 e. The highest BCUT2D eigenvalue weighted by molar-refractivity contribution is 5.77. The van der Waals surface area contributed by atoms with Gasteiger partial charge in [0.25, 0.3) is 0 Å². The Balaban J connectivity index is 4.66. The van der Waals surface area contributed by atoms with E-state index in [0.29, 0.717) is 19.3 Å². The van der Waals surface area contributed by atoms with Gasteiger partial charge in [0.05, 0.1) is 25.2 Å². The monoisotopic (exact) mass is 784 g/mol. The molecule has 0 fully saturated rings. The van der Waals surface area contributed by atoms with Crippen LogP contribution in [0.1, 0.15) is 220 Å². The maximum absolute atomic E-state index is 13.1. The van der Waals surface area contributed by atoms with E-state index in [2.05, 4.69) is 86.8 Å². The average Bonchev–Trinajstić information content (AvgIpc) is 3.19. The molecule has 0 aromatic rings. The summed E-state index contributed by atoms with van der Waals surface area (Å²) in [5.41, 5.74) is 0. The molecule has 0 saturated carbocycles. The molecule has 0 aliphatic rings. The lowest BCUT2D eigenvalue weighted by molar-refractivity contribution is -0.151. The number of hydrogen-bond acceptors (Lipinski definition) is 5. The summed E-state index contributed by atoms with van der Waals surface area (Å²) < 4.78 is 5.87. The number of aliphatic hydroxyl groups excluding tert-OH is 2. The van der Waals surface area contributed by atoms with Crippen LogP contribution in [0, 0.1) is 0 Å². The molecule has 3 atom stereocenters. The summed E-state index contributed by atoms with van der Waals surface area (Å²) in [7, 11) is 0. The van der Waals surface area contributed by atoms with Crippen molar-refractivity contribution in [2.24, 2.45) is 0 Å². The van der Waals surface area contributed by atoms with Crippen LogP contribution < -0.4 is 5.32 Å². The summed E-state index contributed by atoms with van der Waals surface area (Å²) in [6, 6.07) is -0.715. The molecule has 0 spiro atoms. The van der Waals surface area contributed by atoms with Crippen molar-refractivity contribution in [3.05, 3.63) is 60.8 Å². The zero-order chi connectivity index (χ0) is 41.0. The molecule has 0 aliphatic carbocycles. The van der Waals surface area contributed by atoms with Gasteiger partial charge in [0.2, 0.25) is 5.91 Å². The fraction of sp³-hybridized carbons (Fsp3) is 0.760. The van der Waals surface area contributed by atoms with Gasteiger partial charge in [-0.2, -0.15) is 0 Å². The standard InChI is InChI=1S/C50H89NO5/c1-4-7-10-13-16-19-22-23-24-25-26-28-31-34-37-40-43-50(55)56-46(41-38-35-32-29-27-20-17-14-11-8-5-2)44-49(54)51-47(45-52)48(53)42-39-36-33-30-21-18-15-12-9-6-3/h7,10,16,19,23-24,26,28-29,32,46-48,52-53H,4-6,8-9,11-15,17-18,20-22,25,27,30-31,33-45H2,1-3H3,(H,51,54)/b10-7+,19-16+,24-23+,28-26+,32-29-. The van der Waals surface area contributed by atoms with Crippen LogP contribution in [0.25, 0.3) is 0 Å². The van der Waals surface area contributed by atoms with Crippen molar-refractivity contribution in [2.45, 2.75) is 238 Å². The summed E-state index contributed by atoms with van der Waals surface area (Å²) in [4.78, 5) is 26.0. The number of esters is 1. The number of carbonyl (C=O) groups excluding carboxylic acids is 2. The van der Waals surface area contributed by atoms with Crippen LogP contribution >= 0.6 is 0 Å². The fourth-order valence-electron chi connectivity index (χ4n) is 6.77. The van der Waals surface area contributed by atoms with E-state index < -0.39 is 18.2 Å². The van der Waals surface area contributed by atoms with Crippen molar-refractivity contribution in [3.8, 4) is 0 Å². The quantitative estimate of drug-likeness (QED) is 0.0326. The van der Waals surface area contributed by atoms with Crippen molar-refractivity contribution < 1.29 is 24.5 Å². The van der Waals surface area contributed by atoms with Gasteiger partial charge >= 0.3 is 5.97 Å². The van der Waals surface area contributed by atoms with Gasteiger partial charge in [0.1, 0.15) is 6.10 Å². The minimum absolute atomic E-state index is 0.0422. The highest BCUT2D eigenvalue weighted by Gasteiger charge is 2.24. The number of carbonyl (C=O) groups is 2. The summed E-state index contributed by atoms with van der Waals surface area (Å²) in [6.45, 7) is 6.32. The molecule has 0 saturated heterocycles. The van der Waals surface area contributed by atoms with Crippen molar-refractivity contribution in [2.75, 3.05) is 6.61 Å². The number of aliphatic hydroxyl groups is 2. The molecule has 1 amide bonds. The number of unbranched alkanes of at least 4 members (excludes halogenated alkanes) is 19. The molecular weight excluding hydrogens is 695 g/mol. The highest BCUT2D eigenvalue weighted by atomic mass is 16.5. The fourth-order valence-corrected chi connectivity index (χ4v) is 6.77. The molecule has 0 aromatic heterocycles. The van der Waals surface area contributed by atoms with Crippen molar-refractivity contribution in [1.29, 1.82) is 0 Å². The van der Waals surface area contributed by atoms with Gasteiger partial charge in [0, 0.05) is 6.42 Å². The molecule has 0 aliphatic heterocycles. The molecule has 0 radical (unpaired) electrons. The minimum atomic E-state index is -0.799. The Labute approximate surface area is 346 Å². The molecule has 3 N–H and O–H groups in total. The number of nitrogens with one attached hydrogen (secondary N) is 1. The largest absolute Gasteiger partial charge is 0.462 e. The van der Waals surface area contributed by atoms with Crippen molar-refractivity contribution in [3.63, 3.8) is 0 Å². The van der Waals surface area contributed by atoms with Crippen LogP contribution in [0.2, 0.25) is 0 Å².